The Balaban J connectivity index is 1.49. The van der Waals surface area contributed by atoms with Crippen LogP contribution in [-0.2, 0) is 19.9 Å². The Hall–Kier alpha value is -2.28. The molecule has 0 saturated carbocycles. The molecule has 0 bridgehead atoms. The average molecular weight is 403 g/mol. The Morgan fingerprint density at radius 3 is 2.52 bits per heavy atom. The topological polar surface area (TPSA) is 62.2 Å². The maximum Gasteiger partial charge on any atom is 0.309 e. The number of halogens is 1. The Bertz CT molecular complexity index is 772. The molecule has 1 aromatic rings. The van der Waals surface area contributed by atoms with E-state index in [0.29, 0.717) is 24.6 Å². The third kappa shape index (κ3) is 4.66. The number of hydrogen-bond acceptors (Lipinski definition) is 5. The molecule has 0 N–H and O–H groups in total. The van der Waals surface area contributed by atoms with Crippen LogP contribution in [0.5, 0.6) is 0 Å². The molecular formula is C22H30FN3O3. The van der Waals surface area contributed by atoms with E-state index in [9.17, 15) is 14.0 Å². The van der Waals surface area contributed by atoms with Gasteiger partial charge in [-0.25, -0.2) is 4.39 Å². The second-order valence-corrected chi connectivity index (χ2v) is 7.92. The minimum Gasteiger partial charge on any atom is -0.466 e. The van der Waals surface area contributed by atoms with Gasteiger partial charge in [-0.3, -0.25) is 19.5 Å². The summed E-state index contributed by atoms with van der Waals surface area (Å²) in [6.07, 6.45) is 2.48. The molecule has 3 rings (SSSR count). The van der Waals surface area contributed by atoms with Crippen molar-refractivity contribution in [1.82, 2.24) is 9.80 Å². The predicted molar refractivity (Wildman–Crippen MR) is 109 cm³/mol. The number of aliphatic imine (C=N–C) groups is 1. The van der Waals surface area contributed by atoms with Crippen LogP contribution in [0.1, 0.15) is 45.6 Å². The van der Waals surface area contributed by atoms with E-state index in [2.05, 4.69) is 9.89 Å². The molecule has 1 amide bonds. The van der Waals surface area contributed by atoms with Crippen LogP contribution in [0.15, 0.2) is 29.3 Å². The molecule has 2 aliphatic heterocycles. The molecule has 158 valence electrons. The van der Waals surface area contributed by atoms with Gasteiger partial charge in [-0.2, -0.15) is 0 Å². The molecule has 7 heteroatoms. The molecule has 1 saturated heterocycles. The Morgan fingerprint density at radius 2 is 1.90 bits per heavy atom. The lowest BCUT2D eigenvalue weighted by Crippen LogP contribution is -2.41. The molecule has 0 spiro atoms. The summed E-state index contributed by atoms with van der Waals surface area (Å²) < 4.78 is 18.4. The van der Waals surface area contributed by atoms with E-state index in [4.69, 9.17) is 4.74 Å². The van der Waals surface area contributed by atoms with Crippen molar-refractivity contribution in [3.05, 3.63) is 35.6 Å². The number of rotatable bonds is 7. The van der Waals surface area contributed by atoms with E-state index >= 15 is 0 Å². The number of likely N-dealkylation sites (tertiary alicyclic amines) is 1. The third-order valence-corrected chi connectivity index (χ3v) is 5.91. The first-order valence-corrected chi connectivity index (χ1v) is 10.4. The van der Waals surface area contributed by atoms with Crippen molar-refractivity contribution >= 4 is 17.7 Å². The summed E-state index contributed by atoms with van der Waals surface area (Å²) in [5, 5.41) is 0. The summed E-state index contributed by atoms with van der Waals surface area (Å²) in [5.74, 6) is 0.233. The lowest BCUT2D eigenvalue weighted by Gasteiger charge is -2.31. The highest BCUT2D eigenvalue weighted by molar-refractivity contribution is 6.07. The standard InChI is InChI=1S/C22H30FN3O3/c1-4-29-20(27)17-10-14-25(15-11-17)12-5-13-26-16(2)24-22(3,21(26)28)18-6-8-19(23)9-7-18/h6-9,17H,4-5,10-15H2,1-3H3. The number of piperidine rings is 1. The first kappa shape index (κ1) is 21.4. The van der Waals surface area contributed by atoms with E-state index in [1.165, 1.54) is 12.1 Å². The number of ether oxygens (including phenoxy) is 1. The molecule has 0 aliphatic carbocycles. The normalized spacial score (nSPS) is 23.4. The van der Waals surface area contributed by atoms with Crippen LogP contribution in [0.2, 0.25) is 0 Å². The fourth-order valence-corrected chi connectivity index (χ4v) is 4.17. The van der Waals surface area contributed by atoms with Gasteiger partial charge in [0.05, 0.1) is 12.5 Å². The highest BCUT2D eigenvalue weighted by Crippen LogP contribution is 2.33. The van der Waals surface area contributed by atoms with Crippen molar-refractivity contribution in [2.45, 2.75) is 45.6 Å². The van der Waals surface area contributed by atoms with Crippen LogP contribution in [0.4, 0.5) is 4.39 Å². The minimum absolute atomic E-state index is 0.0113. The molecular weight excluding hydrogens is 373 g/mol. The lowest BCUT2D eigenvalue weighted by molar-refractivity contribution is -0.149. The highest BCUT2D eigenvalue weighted by atomic mass is 19.1. The second-order valence-electron chi connectivity index (χ2n) is 7.92. The van der Waals surface area contributed by atoms with E-state index in [1.807, 2.05) is 13.8 Å². The van der Waals surface area contributed by atoms with Crippen molar-refractivity contribution in [2.75, 3.05) is 32.8 Å². The highest BCUT2D eigenvalue weighted by Gasteiger charge is 2.44. The maximum absolute atomic E-state index is 13.2. The van der Waals surface area contributed by atoms with Crippen molar-refractivity contribution < 1.29 is 18.7 Å². The monoisotopic (exact) mass is 403 g/mol. The van der Waals surface area contributed by atoms with Gasteiger partial charge in [0.15, 0.2) is 5.54 Å². The zero-order chi connectivity index (χ0) is 21.0. The fourth-order valence-electron chi connectivity index (χ4n) is 4.17. The van der Waals surface area contributed by atoms with E-state index in [0.717, 1.165) is 38.9 Å². The Kier molecular flexibility index (Phi) is 6.67. The van der Waals surface area contributed by atoms with Crippen LogP contribution < -0.4 is 0 Å². The summed E-state index contributed by atoms with van der Waals surface area (Å²) in [5.41, 5.74) is -0.290. The average Bonchev–Trinajstić information content (AvgIpc) is 2.93. The molecule has 2 aliphatic rings. The first-order valence-electron chi connectivity index (χ1n) is 10.4. The van der Waals surface area contributed by atoms with Crippen LogP contribution >= 0.6 is 0 Å². The minimum atomic E-state index is -0.990. The van der Waals surface area contributed by atoms with Crippen LogP contribution in [-0.4, -0.2) is 60.3 Å². The smallest absolute Gasteiger partial charge is 0.309 e. The molecule has 1 atom stereocenters. The maximum atomic E-state index is 13.2. The van der Waals surface area contributed by atoms with Gasteiger partial charge < -0.3 is 9.64 Å². The number of esters is 1. The van der Waals surface area contributed by atoms with Gasteiger partial charge in [-0.15, -0.1) is 0 Å². The predicted octanol–water partition coefficient (Wildman–Crippen LogP) is 2.97. The van der Waals surface area contributed by atoms with Crippen LogP contribution in [0.3, 0.4) is 0 Å². The molecule has 1 aromatic carbocycles. The van der Waals surface area contributed by atoms with Gasteiger partial charge in [0.25, 0.3) is 5.91 Å². The summed E-state index contributed by atoms with van der Waals surface area (Å²) >= 11 is 0. The number of benzene rings is 1. The van der Waals surface area contributed by atoms with Gasteiger partial charge in [0.2, 0.25) is 0 Å². The number of hydrogen-bond donors (Lipinski definition) is 0. The first-order chi connectivity index (χ1) is 13.8. The molecule has 6 nitrogen and oxygen atoms in total. The zero-order valence-corrected chi connectivity index (χ0v) is 17.5. The summed E-state index contributed by atoms with van der Waals surface area (Å²) in [6.45, 7) is 9.11. The van der Waals surface area contributed by atoms with Gasteiger partial charge in [0, 0.05) is 6.54 Å². The molecule has 0 aromatic heterocycles. The van der Waals surface area contributed by atoms with E-state index in [1.54, 1.807) is 24.0 Å². The number of carbonyl (C=O) groups is 2. The Morgan fingerprint density at radius 1 is 1.24 bits per heavy atom. The fraction of sp³-hybridized carbons (Fsp3) is 0.591. The molecule has 29 heavy (non-hydrogen) atoms. The molecule has 2 heterocycles. The SMILES string of the molecule is CCOC(=O)C1CCN(CCCN2C(=O)C(C)(c3ccc(F)cc3)N=C2C)CC1. The van der Waals surface area contributed by atoms with Crippen LogP contribution in [0.25, 0.3) is 0 Å². The summed E-state index contributed by atoms with van der Waals surface area (Å²) in [7, 11) is 0. The number of amidine groups is 1. The number of carbonyl (C=O) groups excluding carboxylic acids is 2. The van der Waals surface area contributed by atoms with Crippen LogP contribution in [0, 0.1) is 11.7 Å². The lowest BCUT2D eigenvalue weighted by atomic mass is 9.92. The van der Waals surface area contributed by atoms with Crippen molar-refractivity contribution in [1.29, 1.82) is 0 Å². The molecule has 1 fully saturated rings. The zero-order valence-electron chi connectivity index (χ0n) is 17.5. The largest absolute Gasteiger partial charge is 0.466 e. The van der Waals surface area contributed by atoms with Gasteiger partial charge in [-0.1, -0.05) is 12.1 Å². The second kappa shape index (κ2) is 9.03. The van der Waals surface area contributed by atoms with Crippen molar-refractivity contribution in [3.8, 4) is 0 Å². The molecule has 0 radical (unpaired) electrons. The van der Waals surface area contributed by atoms with Crippen molar-refractivity contribution in [2.24, 2.45) is 10.9 Å². The van der Waals surface area contributed by atoms with Crippen molar-refractivity contribution in [3.63, 3.8) is 0 Å². The van der Waals surface area contributed by atoms with Gasteiger partial charge in [0.1, 0.15) is 11.7 Å². The summed E-state index contributed by atoms with van der Waals surface area (Å²) in [6, 6.07) is 5.98. The Labute approximate surface area is 171 Å². The van der Waals surface area contributed by atoms with Gasteiger partial charge >= 0.3 is 5.97 Å². The summed E-state index contributed by atoms with van der Waals surface area (Å²) in [4.78, 5) is 33.5. The van der Waals surface area contributed by atoms with E-state index in [-0.39, 0.29) is 23.6 Å². The quantitative estimate of drug-likeness (QED) is 0.657. The van der Waals surface area contributed by atoms with Gasteiger partial charge in [-0.05, 0) is 77.4 Å². The number of nitrogens with zero attached hydrogens (tertiary/aromatic N) is 3. The number of amides is 1. The third-order valence-electron chi connectivity index (χ3n) is 5.91. The van der Waals surface area contributed by atoms with E-state index < -0.39 is 5.54 Å². The molecule has 1 unspecified atom stereocenters.